The second kappa shape index (κ2) is 6.57. The molecule has 2 nitrogen and oxygen atoms in total. The summed E-state index contributed by atoms with van der Waals surface area (Å²) in [6.45, 7) is 3.74. The smallest absolute Gasteiger partial charge is 0.122 e. The normalized spacial score (nSPS) is 10.6. The number of rotatable bonds is 6. The lowest BCUT2D eigenvalue weighted by atomic mass is 10.2. The van der Waals surface area contributed by atoms with E-state index >= 15 is 0 Å². The molecule has 2 aromatic rings. The summed E-state index contributed by atoms with van der Waals surface area (Å²) in [7, 11) is 1.96. The van der Waals surface area contributed by atoms with Gasteiger partial charge in [-0.15, -0.1) is 11.3 Å². The first kappa shape index (κ1) is 13.1. The van der Waals surface area contributed by atoms with E-state index in [1.807, 2.05) is 13.1 Å². The van der Waals surface area contributed by atoms with E-state index in [-0.39, 0.29) is 0 Å². The van der Waals surface area contributed by atoms with Crippen LogP contribution in [-0.4, -0.2) is 7.05 Å². The van der Waals surface area contributed by atoms with Crippen LogP contribution in [0.4, 0.5) is 0 Å². The van der Waals surface area contributed by atoms with Crippen molar-refractivity contribution in [3.05, 3.63) is 51.7 Å². The van der Waals surface area contributed by atoms with Crippen molar-refractivity contribution >= 4 is 11.3 Å². The highest BCUT2D eigenvalue weighted by Gasteiger charge is 2.01. The van der Waals surface area contributed by atoms with Gasteiger partial charge in [0.15, 0.2) is 0 Å². The van der Waals surface area contributed by atoms with Gasteiger partial charge in [0.25, 0.3) is 0 Å². The van der Waals surface area contributed by atoms with Gasteiger partial charge >= 0.3 is 0 Å². The average molecular weight is 261 g/mol. The van der Waals surface area contributed by atoms with Gasteiger partial charge < -0.3 is 10.1 Å². The van der Waals surface area contributed by atoms with Crippen LogP contribution >= 0.6 is 11.3 Å². The Balaban J connectivity index is 1.93. The van der Waals surface area contributed by atoms with E-state index in [0.717, 1.165) is 18.7 Å². The third-order valence-electron chi connectivity index (χ3n) is 2.76. The van der Waals surface area contributed by atoms with Gasteiger partial charge in [0, 0.05) is 16.3 Å². The maximum atomic E-state index is 5.82. The van der Waals surface area contributed by atoms with E-state index in [0.29, 0.717) is 6.61 Å². The Kier molecular flexibility index (Phi) is 4.79. The molecule has 1 heterocycles. The zero-order valence-corrected chi connectivity index (χ0v) is 11.7. The van der Waals surface area contributed by atoms with Gasteiger partial charge in [0.1, 0.15) is 12.4 Å². The van der Waals surface area contributed by atoms with E-state index in [1.54, 1.807) is 11.3 Å². The van der Waals surface area contributed by atoms with Gasteiger partial charge in [-0.1, -0.05) is 19.1 Å². The fourth-order valence-corrected chi connectivity index (χ4v) is 2.72. The predicted molar refractivity (Wildman–Crippen MR) is 77.2 cm³/mol. The van der Waals surface area contributed by atoms with Crippen molar-refractivity contribution in [3.63, 3.8) is 0 Å². The van der Waals surface area contributed by atoms with Crippen molar-refractivity contribution in [1.29, 1.82) is 0 Å². The quantitative estimate of drug-likeness (QED) is 0.857. The van der Waals surface area contributed by atoms with Gasteiger partial charge in [-0.25, -0.2) is 0 Å². The molecule has 0 spiro atoms. The van der Waals surface area contributed by atoms with Crippen LogP contribution in [-0.2, 0) is 19.6 Å². The lowest BCUT2D eigenvalue weighted by molar-refractivity contribution is 0.309. The van der Waals surface area contributed by atoms with Gasteiger partial charge in [-0.05, 0) is 43.3 Å². The van der Waals surface area contributed by atoms with Crippen molar-refractivity contribution in [2.75, 3.05) is 7.05 Å². The molecule has 3 heteroatoms. The largest absolute Gasteiger partial charge is 0.488 e. The Hall–Kier alpha value is -1.32. The second-order valence-corrected chi connectivity index (χ2v) is 5.44. The number of aryl methyl sites for hydroxylation is 1. The van der Waals surface area contributed by atoms with Crippen molar-refractivity contribution in [2.24, 2.45) is 0 Å². The zero-order valence-electron chi connectivity index (χ0n) is 10.9. The molecule has 1 aromatic heterocycles. The SMILES string of the molecule is CCc1cccc(OCc2ccc(CNC)s2)c1. The van der Waals surface area contributed by atoms with Crippen molar-refractivity contribution in [1.82, 2.24) is 5.32 Å². The maximum Gasteiger partial charge on any atom is 0.122 e. The molecule has 96 valence electrons. The van der Waals surface area contributed by atoms with E-state index in [9.17, 15) is 0 Å². The van der Waals surface area contributed by atoms with E-state index in [1.165, 1.54) is 15.3 Å². The first-order valence-corrected chi connectivity index (χ1v) is 7.07. The molecule has 0 radical (unpaired) electrons. The molecule has 0 fully saturated rings. The molecule has 1 N–H and O–H groups in total. The highest BCUT2D eigenvalue weighted by molar-refractivity contribution is 7.11. The molecule has 0 aliphatic heterocycles. The third-order valence-corrected chi connectivity index (χ3v) is 3.81. The predicted octanol–water partition coefficient (Wildman–Crippen LogP) is 3.61. The van der Waals surface area contributed by atoms with Crippen LogP contribution in [0.2, 0.25) is 0 Å². The monoisotopic (exact) mass is 261 g/mol. The Morgan fingerprint density at radius 3 is 2.78 bits per heavy atom. The van der Waals surface area contributed by atoms with Crippen LogP contribution in [0.1, 0.15) is 22.2 Å². The number of benzene rings is 1. The Morgan fingerprint density at radius 2 is 2.00 bits per heavy atom. The molecule has 0 saturated heterocycles. The number of thiophene rings is 1. The molecule has 18 heavy (non-hydrogen) atoms. The number of nitrogens with one attached hydrogen (secondary N) is 1. The first-order valence-electron chi connectivity index (χ1n) is 6.25. The summed E-state index contributed by atoms with van der Waals surface area (Å²) in [6, 6.07) is 12.6. The molecule has 0 atom stereocenters. The van der Waals surface area contributed by atoms with Crippen LogP contribution in [0.25, 0.3) is 0 Å². The van der Waals surface area contributed by atoms with Crippen LogP contribution < -0.4 is 10.1 Å². The molecular formula is C15H19NOS. The Labute approximate surface area is 113 Å². The van der Waals surface area contributed by atoms with Crippen LogP contribution in [0.5, 0.6) is 5.75 Å². The van der Waals surface area contributed by atoms with E-state index in [4.69, 9.17) is 4.74 Å². The van der Waals surface area contributed by atoms with Crippen LogP contribution in [0, 0.1) is 0 Å². The van der Waals surface area contributed by atoms with Crippen LogP contribution in [0.3, 0.4) is 0 Å². The van der Waals surface area contributed by atoms with Crippen molar-refractivity contribution in [2.45, 2.75) is 26.5 Å². The van der Waals surface area contributed by atoms with E-state index < -0.39 is 0 Å². The molecule has 2 rings (SSSR count). The highest BCUT2D eigenvalue weighted by Crippen LogP contribution is 2.20. The molecule has 0 saturated carbocycles. The molecule has 0 aliphatic carbocycles. The summed E-state index contributed by atoms with van der Waals surface area (Å²) in [5.74, 6) is 0.956. The molecule has 0 unspecified atom stereocenters. The average Bonchev–Trinajstić information content (AvgIpc) is 2.85. The summed E-state index contributed by atoms with van der Waals surface area (Å²) in [5.41, 5.74) is 1.31. The summed E-state index contributed by atoms with van der Waals surface area (Å²) in [6.07, 6.45) is 1.04. The Morgan fingerprint density at radius 1 is 1.17 bits per heavy atom. The summed E-state index contributed by atoms with van der Waals surface area (Å²) in [5, 5.41) is 3.16. The van der Waals surface area contributed by atoms with Gasteiger partial charge in [0.05, 0.1) is 0 Å². The van der Waals surface area contributed by atoms with Crippen LogP contribution in [0.15, 0.2) is 36.4 Å². The van der Waals surface area contributed by atoms with Gasteiger partial charge in [-0.3, -0.25) is 0 Å². The zero-order chi connectivity index (χ0) is 12.8. The maximum absolute atomic E-state index is 5.82. The van der Waals surface area contributed by atoms with E-state index in [2.05, 4.69) is 42.6 Å². The summed E-state index contributed by atoms with van der Waals surface area (Å²) >= 11 is 1.80. The second-order valence-electron chi connectivity index (χ2n) is 4.19. The van der Waals surface area contributed by atoms with Crippen molar-refractivity contribution in [3.8, 4) is 5.75 Å². The first-order chi connectivity index (χ1) is 8.81. The number of hydrogen-bond acceptors (Lipinski definition) is 3. The summed E-state index contributed by atoms with van der Waals surface area (Å²) in [4.78, 5) is 2.61. The minimum atomic E-state index is 0.654. The fraction of sp³-hybridized carbons (Fsp3) is 0.333. The molecule has 0 aliphatic rings. The lowest BCUT2D eigenvalue weighted by Crippen LogP contribution is -2.02. The lowest BCUT2D eigenvalue weighted by Gasteiger charge is -2.06. The fourth-order valence-electron chi connectivity index (χ4n) is 1.78. The Bertz CT molecular complexity index is 493. The van der Waals surface area contributed by atoms with Crippen molar-refractivity contribution < 1.29 is 4.74 Å². The highest BCUT2D eigenvalue weighted by atomic mass is 32.1. The minimum Gasteiger partial charge on any atom is -0.488 e. The number of hydrogen-bond donors (Lipinski definition) is 1. The standard InChI is InChI=1S/C15H19NOS/c1-3-12-5-4-6-13(9-12)17-11-15-8-7-14(18-15)10-16-2/h4-9,16H,3,10-11H2,1-2H3. The number of ether oxygens (including phenoxy) is 1. The molecule has 1 aromatic carbocycles. The summed E-state index contributed by atoms with van der Waals surface area (Å²) < 4.78 is 5.82. The third kappa shape index (κ3) is 3.59. The molecule has 0 amide bonds. The molecule has 0 bridgehead atoms. The topological polar surface area (TPSA) is 21.3 Å². The molecular weight excluding hydrogens is 242 g/mol. The van der Waals surface area contributed by atoms with Gasteiger partial charge in [-0.2, -0.15) is 0 Å². The van der Waals surface area contributed by atoms with Gasteiger partial charge in [0.2, 0.25) is 0 Å². The minimum absolute atomic E-state index is 0.654.